The van der Waals surface area contributed by atoms with Gasteiger partial charge >= 0.3 is 0 Å². The molecule has 2 heteroatoms. The predicted molar refractivity (Wildman–Crippen MR) is 69.3 cm³/mol. The van der Waals surface area contributed by atoms with Crippen LogP contribution in [0.2, 0.25) is 0 Å². The molecule has 0 aliphatic carbocycles. The third kappa shape index (κ3) is 8.89. The minimum absolute atomic E-state index is 1.04. The lowest BCUT2D eigenvalue weighted by molar-refractivity contribution is 0.261. The molecule has 0 aromatic carbocycles. The second kappa shape index (κ2) is 11.4. The highest BCUT2D eigenvalue weighted by Gasteiger charge is 2.02. The first kappa shape index (κ1) is 14.3. The van der Waals surface area contributed by atoms with E-state index < -0.39 is 0 Å². The minimum Gasteiger partial charge on any atom is -0.303 e. The van der Waals surface area contributed by atoms with E-state index in [1.54, 1.807) is 0 Å². The van der Waals surface area contributed by atoms with Crippen LogP contribution < -0.4 is 0 Å². The standard InChI is InChI=1S/C12H27NS/c1-3-5-9-13(10-6-4-2)11-7-8-12-14/h14H,3-12H2,1-2H3. The Bertz CT molecular complexity index is 98.5. The molecule has 0 aromatic rings. The van der Waals surface area contributed by atoms with Gasteiger partial charge in [-0.25, -0.2) is 0 Å². The van der Waals surface area contributed by atoms with Crippen molar-refractivity contribution in [3.05, 3.63) is 0 Å². The molecule has 0 fully saturated rings. The van der Waals surface area contributed by atoms with Crippen LogP contribution in [0.5, 0.6) is 0 Å². The first-order chi connectivity index (χ1) is 6.85. The quantitative estimate of drug-likeness (QED) is 0.432. The molecule has 86 valence electrons. The van der Waals surface area contributed by atoms with Crippen LogP contribution in [-0.4, -0.2) is 30.3 Å². The fourth-order valence-electron chi connectivity index (χ4n) is 1.55. The highest BCUT2D eigenvalue weighted by atomic mass is 32.1. The van der Waals surface area contributed by atoms with Crippen LogP contribution in [0.4, 0.5) is 0 Å². The molecular formula is C12H27NS. The third-order valence-electron chi connectivity index (χ3n) is 2.54. The number of thiol groups is 1. The second-order valence-electron chi connectivity index (χ2n) is 3.98. The number of unbranched alkanes of at least 4 members (excludes halogenated alkanes) is 3. The summed E-state index contributed by atoms with van der Waals surface area (Å²) < 4.78 is 0. The summed E-state index contributed by atoms with van der Waals surface area (Å²) in [5.41, 5.74) is 0. The van der Waals surface area contributed by atoms with Gasteiger partial charge in [-0.1, -0.05) is 26.7 Å². The summed E-state index contributed by atoms with van der Waals surface area (Å²) in [5, 5.41) is 0. The Kier molecular flexibility index (Phi) is 11.6. The van der Waals surface area contributed by atoms with Gasteiger partial charge in [-0.2, -0.15) is 12.6 Å². The lowest BCUT2D eigenvalue weighted by atomic mass is 10.2. The lowest BCUT2D eigenvalue weighted by Gasteiger charge is -2.21. The molecule has 0 aromatic heterocycles. The molecule has 0 amide bonds. The molecule has 0 rings (SSSR count). The van der Waals surface area contributed by atoms with Gasteiger partial charge in [0, 0.05) is 0 Å². The smallest absolute Gasteiger partial charge is 0.00184 e. The Labute approximate surface area is 95.7 Å². The third-order valence-corrected chi connectivity index (χ3v) is 2.85. The van der Waals surface area contributed by atoms with Crippen molar-refractivity contribution in [1.29, 1.82) is 0 Å². The first-order valence-corrected chi connectivity index (χ1v) is 6.81. The molecule has 0 aliphatic heterocycles. The van der Waals surface area contributed by atoms with Crippen molar-refractivity contribution in [2.45, 2.75) is 52.4 Å². The summed E-state index contributed by atoms with van der Waals surface area (Å²) in [4.78, 5) is 2.62. The van der Waals surface area contributed by atoms with Gasteiger partial charge in [0.05, 0.1) is 0 Å². The van der Waals surface area contributed by atoms with Gasteiger partial charge in [0.1, 0.15) is 0 Å². The molecular weight excluding hydrogens is 190 g/mol. The van der Waals surface area contributed by atoms with E-state index in [9.17, 15) is 0 Å². The molecule has 0 spiro atoms. The fraction of sp³-hybridized carbons (Fsp3) is 1.00. The van der Waals surface area contributed by atoms with Crippen molar-refractivity contribution in [3.63, 3.8) is 0 Å². The summed E-state index contributed by atoms with van der Waals surface area (Å²) in [6, 6.07) is 0. The number of nitrogens with zero attached hydrogens (tertiary/aromatic N) is 1. The largest absolute Gasteiger partial charge is 0.303 e. The first-order valence-electron chi connectivity index (χ1n) is 6.18. The van der Waals surface area contributed by atoms with Gasteiger partial charge < -0.3 is 4.90 Å². The molecule has 0 radical (unpaired) electrons. The summed E-state index contributed by atoms with van der Waals surface area (Å²) >= 11 is 4.25. The summed E-state index contributed by atoms with van der Waals surface area (Å²) in [6.45, 7) is 8.41. The van der Waals surface area contributed by atoms with Crippen LogP contribution in [0.15, 0.2) is 0 Å². The van der Waals surface area contributed by atoms with Crippen molar-refractivity contribution in [2.24, 2.45) is 0 Å². The molecule has 0 N–H and O–H groups in total. The molecule has 0 saturated carbocycles. The normalized spacial score (nSPS) is 11.1. The Morgan fingerprint density at radius 1 is 0.786 bits per heavy atom. The van der Waals surface area contributed by atoms with Crippen LogP contribution in [0, 0.1) is 0 Å². The van der Waals surface area contributed by atoms with Gasteiger partial charge in [-0.15, -0.1) is 0 Å². The zero-order valence-electron chi connectivity index (χ0n) is 9.97. The second-order valence-corrected chi connectivity index (χ2v) is 4.43. The predicted octanol–water partition coefficient (Wildman–Crippen LogP) is 3.60. The average Bonchev–Trinajstić information content (AvgIpc) is 2.21. The van der Waals surface area contributed by atoms with Gasteiger partial charge in [0.25, 0.3) is 0 Å². The van der Waals surface area contributed by atoms with Crippen LogP contribution in [0.25, 0.3) is 0 Å². The van der Waals surface area contributed by atoms with Crippen molar-refractivity contribution in [3.8, 4) is 0 Å². The highest BCUT2D eigenvalue weighted by Crippen LogP contribution is 2.02. The molecule has 0 atom stereocenters. The van der Waals surface area contributed by atoms with E-state index >= 15 is 0 Å². The van der Waals surface area contributed by atoms with Gasteiger partial charge in [0.15, 0.2) is 0 Å². The van der Waals surface area contributed by atoms with Gasteiger partial charge in [0.2, 0.25) is 0 Å². The molecule has 0 heterocycles. The molecule has 1 nitrogen and oxygen atoms in total. The summed E-state index contributed by atoms with van der Waals surface area (Å²) in [5.74, 6) is 1.04. The van der Waals surface area contributed by atoms with Crippen LogP contribution in [0.3, 0.4) is 0 Å². The average molecular weight is 217 g/mol. The number of rotatable bonds is 10. The highest BCUT2D eigenvalue weighted by molar-refractivity contribution is 7.80. The fourth-order valence-corrected chi connectivity index (χ4v) is 1.77. The maximum atomic E-state index is 4.25. The zero-order valence-corrected chi connectivity index (χ0v) is 10.9. The maximum absolute atomic E-state index is 4.25. The molecule has 0 aliphatic rings. The minimum atomic E-state index is 1.04. The Hall–Kier alpha value is 0.310. The van der Waals surface area contributed by atoms with E-state index in [-0.39, 0.29) is 0 Å². The van der Waals surface area contributed by atoms with Gasteiger partial charge in [-0.05, 0) is 51.1 Å². The number of hydrogen-bond acceptors (Lipinski definition) is 2. The maximum Gasteiger partial charge on any atom is -0.00184 e. The van der Waals surface area contributed by atoms with Crippen molar-refractivity contribution >= 4 is 12.6 Å². The van der Waals surface area contributed by atoms with E-state index in [4.69, 9.17) is 0 Å². The molecule has 14 heavy (non-hydrogen) atoms. The monoisotopic (exact) mass is 217 g/mol. The summed E-state index contributed by atoms with van der Waals surface area (Å²) in [6.07, 6.45) is 7.91. The van der Waals surface area contributed by atoms with E-state index in [2.05, 4.69) is 31.4 Å². The summed E-state index contributed by atoms with van der Waals surface area (Å²) in [7, 11) is 0. The molecule has 0 bridgehead atoms. The Balaban J connectivity index is 3.49. The Morgan fingerprint density at radius 2 is 1.29 bits per heavy atom. The van der Waals surface area contributed by atoms with E-state index in [0.717, 1.165) is 5.75 Å². The topological polar surface area (TPSA) is 3.24 Å². The van der Waals surface area contributed by atoms with Crippen LogP contribution in [-0.2, 0) is 0 Å². The van der Waals surface area contributed by atoms with Crippen molar-refractivity contribution < 1.29 is 0 Å². The van der Waals surface area contributed by atoms with Crippen molar-refractivity contribution in [1.82, 2.24) is 4.90 Å². The SMILES string of the molecule is CCCCN(CCCC)CCCCS. The molecule has 0 unspecified atom stereocenters. The Morgan fingerprint density at radius 3 is 1.71 bits per heavy atom. The lowest BCUT2D eigenvalue weighted by Crippen LogP contribution is -2.27. The van der Waals surface area contributed by atoms with Gasteiger partial charge in [-0.3, -0.25) is 0 Å². The van der Waals surface area contributed by atoms with E-state index in [0.29, 0.717) is 0 Å². The van der Waals surface area contributed by atoms with Crippen LogP contribution in [0.1, 0.15) is 52.4 Å². The molecule has 0 saturated heterocycles. The zero-order chi connectivity index (χ0) is 10.6. The number of hydrogen-bond donors (Lipinski definition) is 1. The van der Waals surface area contributed by atoms with Crippen LogP contribution >= 0.6 is 12.6 Å². The van der Waals surface area contributed by atoms with Crippen molar-refractivity contribution in [2.75, 3.05) is 25.4 Å². The van der Waals surface area contributed by atoms with E-state index in [1.807, 2.05) is 0 Å². The van der Waals surface area contributed by atoms with E-state index in [1.165, 1.54) is 58.2 Å².